The second-order valence-corrected chi connectivity index (χ2v) is 5.69. The molecule has 0 amide bonds. The zero-order chi connectivity index (χ0) is 13.9. The highest BCUT2D eigenvalue weighted by atomic mass is 35.5. The third kappa shape index (κ3) is 2.78. The minimum absolute atomic E-state index is 0.636. The summed E-state index contributed by atoms with van der Waals surface area (Å²) in [6.07, 6.45) is 6.28. The van der Waals surface area contributed by atoms with Crippen molar-refractivity contribution < 1.29 is 0 Å². The normalized spacial score (nSPS) is 14.7. The number of hydrogen-bond acceptors (Lipinski definition) is 3. The fourth-order valence-corrected chi connectivity index (χ4v) is 2.95. The molecule has 2 aromatic rings. The lowest BCUT2D eigenvalue weighted by molar-refractivity contribution is 0.708. The Labute approximate surface area is 124 Å². The van der Waals surface area contributed by atoms with Gasteiger partial charge in [0.05, 0.1) is 0 Å². The molecule has 0 aliphatic heterocycles. The van der Waals surface area contributed by atoms with Crippen LogP contribution < -0.4 is 5.73 Å². The van der Waals surface area contributed by atoms with Crippen molar-refractivity contribution in [3.8, 4) is 0 Å². The maximum absolute atomic E-state index is 6.20. The molecule has 1 aromatic carbocycles. The van der Waals surface area contributed by atoms with Gasteiger partial charge in [-0.3, -0.25) is 0 Å². The van der Waals surface area contributed by atoms with Crippen LogP contribution in [0.4, 0.5) is 5.82 Å². The van der Waals surface area contributed by atoms with Gasteiger partial charge in [0.1, 0.15) is 11.6 Å². The van der Waals surface area contributed by atoms with E-state index in [9.17, 15) is 0 Å². The first-order valence-electron chi connectivity index (χ1n) is 7.11. The summed E-state index contributed by atoms with van der Waals surface area (Å²) < 4.78 is 0. The molecule has 0 spiro atoms. The number of halogens is 1. The van der Waals surface area contributed by atoms with E-state index in [0.717, 1.165) is 40.5 Å². The number of aryl methyl sites for hydroxylation is 1. The van der Waals surface area contributed by atoms with Crippen molar-refractivity contribution in [2.24, 2.45) is 0 Å². The summed E-state index contributed by atoms with van der Waals surface area (Å²) in [6, 6.07) is 7.81. The highest BCUT2D eigenvalue weighted by Gasteiger charge is 2.15. The molecule has 0 atom stereocenters. The molecule has 0 bridgehead atoms. The van der Waals surface area contributed by atoms with Gasteiger partial charge in [-0.15, -0.1) is 0 Å². The van der Waals surface area contributed by atoms with Gasteiger partial charge < -0.3 is 5.73 Å². The van der Waals surface area contributed by atoms with E-state index in [-0.39, 0.29) is 0 Å². The topological polar surface area (TPSA) is 51.8 Å². The average Bonchev–Trinajstić information content (AvgIpc) is 2.67. The molecule has 1 heterocycles. The first-order chi connectivity index (χ1) is 9.74. The lowest BCUT2D eigenvalue weighted by Gasteiger charge is -2.11. The SMILES string of the molecule is Nc1nc(Cc2ccccc2Cl)nc2c1CCCCC2. The van der Waals surface area contributed by atoms with Gasteiger partial charge in [0.25, 0.3) is 0 Å². The second-order valence-electron chi connectivity index (χ2n) is 5.28. The van der Waals surface area contributed by atoms with Gasteiger partial charge in [-0.1, -0.05) is 36.2 Å². The van der Waals surface area contributed by atoms with Crippen molar-refractivity contribution in [1.82, 2.24) is 9.97 Å². The molecule has 0 saturated carbocycles. The van der Waals surface area contributed by atoms with E-state index in [1.54, 1.807) is 0 Å². The van der Waals surface area contributed by atoms with Crippen molar-refractivity contribution in [1.29, 1.82) is 0 Å². The Morgan fingerprint density at radius 2 is 1.85 bits per heavy atom. The van der Waals surface area contributed by atoms with Gasteiger partial charge in [-0.25, -0.2) is 9.97 Å². The Kier molecular flexibility index (Phi) is 3.88. The van der Waals surface area contributed by atoms with Gasteiger partial charge in [0.2, 0.25) is 0 Å². The molecule has 1 aliphatic rings. The summed E-state index contributed by atoms with van der Waals surface area (Å²) in [6.45, 7) is 0. The molecule has 3 rings (SSSR count). The predicted octanol–water partition coefficient (Wildman–Crippen LogP) is 3.57. The second kappa shape index (κ2) is 5.80. The van der Waals surface area contributed by atoms with Crippen LogP contribution in [-0.4, -0.2) is 9.97 Å². The summed E-state index contributed by atoms with van der Waals surface area (Å²) in [5.74, 6) is 1.43. The number of nitrogens with zero attached hydrogens (tertiary/aromatic N) is 2. The Balaban J connectivity index is 1.93. The van der Waals surface area contributed by atoms with Crippen molar-refractivity contribution in [2.45, 2.75) is 38.5 Å². The molecule has 1 aliphatic carbocycles. The molecule has 104 valence electrons. The van der Waals surface area contributed by atoms with Gasteiger partial charge in [-0.2, -0.15) is 0 Å². The molecule has 1 aromatic heterocycles. The summed E-state index contributed by atoms with van der Waals surface area (Å²) in [4.78, 5) is 9.19. The van der Waals surface area contributed by atoms with E-state index >= 15 is 0 Å². The van der Waals surface area contributed by atoms with Gasteiger partial charge in [0, 0.05) is 22.7 Å². The molecule has 0 fully saturated rings. The number of aromatic nitrogens is 2. The molecule has 3 nitrogen and oxygen atoms in total. The standard InChI is InChI=1S/C16H18ClN3/c17-13-8-5-4-6-11(13)10-15-19-14-9-3-1-2-7-12(14)16(18)20-15/h4-6,8H,1-3,7,9-10H2,(H2,18,19,20). The fraction of sp³-hybridized carbons (Fsp3) is 0.375. The monoisotopic (exact) mass is 287 g/mol. The van der Waals surface area contributed by atoms with Crippen LogP contribution in [0.2, 0.25) is 5.02 Å². The number of anilines is 1. The largest absolute Gasteiger partial charge is 0.383 e. The number of nitrogen functional groups attached to an aromatic ring is 1. The van der Waals surface area contributed by atoms with Crippen molar-refractivity contribution >= 4 is 17.4 Å². The first kappa shape index (κ1) is 13.4. The highest BCUT2D eigenvalue weighted by molar-refractivity contribution is 6.31. The Morgan fingerprint density at radius 1 is 1.05 bits per heavy atom. The number of benzene rings is 1. The summed E-state index contributed by atoms with van der Waals surface area (Å²) in [5.41, 5.74) is 9.46. The first-order valence-corrected chi connectivity index (χ1v) is 7.49. The van der Waals surface area contributed by atoms with Crippen LogP contribution in [0.5, 0.6) is 0 Å². The quantitative estimate of drug-likeness (QED) is 0.859. The van der Waals surface area contributed by atoms with E-state index in [4.69, 9.17) is 22.3 Å². The summed E-state index contributed by atoms with van der Waals surface area (Å²) in [5, 5.41) is 0.754. The van der Waals surface area contributed by atoms with Gasteiger partial charge in [0.15, 0.2) is 0 Å². The van der Waals surface area contributed by atoms with Crippen LogP contribution in [0, 0.1) is 0 Å². The van der Waals surface area contributed by atoms with E-state index in [0.29, 0.717) is 12.2 Å². The van der Waals surface area contributed by atoms with Crippen LogP contribution in [0.1, 0.15) is 41.9 Å². The van der Waals surface area contributed by atoms with E-state index in [1.807, 2.05) is 24.3 Å². The summed E-state index contributed by atoms with van der Waals surface area (Å²) >= 11 is 6.20. The molecule has 0 saturated heterocycles. The predicted molar refractivity (Wildman–Crippen MR) is 82.0 cm³/mol. The van der Waals surface area contributed by atoms with Crippen molar-refractivity contribution in [3.05, 3.63) is 51.9 Å². The number of rotatable bonds is 2. The lowest BCUT2D eigenvalue weighted by atomic mass is 10.1. The van der Waals surface area contributed by atoms with Crippen molar-refractivity contribution in [2.75, 3.05) is 5.73 Å². The Morgan fingerprint density at radius 3 is 2.70 bits per heavy atom. The number of hydrogen-bond donors (Lipinski definition) is 1. The zero-order valence-electron chi connectivity index (χ0n) is 11.4. The minimum atomic E-state index is 0.636. The molecule has 20 heavy (non-hydrogen) atoms. The van der Waals surface area contributed by atoms with Gasteiger partial charge in [-0.05, 0) is 37.3 Å². The van der Waals surface area contributed by atoms with Crippen LogP contribution in [0.25, 0.3) is 0 Å². The molecular formula is C16H18ClN3. The molecule has 0 radical (unpaired) electrons. The van der Waals surface area contributed by atoms with Crippen LogP contribution in [-0.2, 0) is 19.3 Å². The van der Waals surface area contributed by atoms with Crippen LogP contribution >= 0.6 is 11.6 Å². The average molecular weight is 288 g/mol. The highest BCUT2D eigenvalue weighted by Crippen LogP contribution is 2.24. The van der Waals surface area contributed by atoms with Crippen molar-refractivity contribution in [3.63, 3.8) is 0 Å². The zero-order valence-corrected chi connectivity index (χ0v) is 12.2. The maximum Gasteiger partial charge on any atom is 0.135 e. The Bertz CT molecular complexity index is 625. The fourth-order valence-electron chi connectivity index (χ4n) is 2.74. The molecular weight excluding hydrogens is 270 g/mol. The minimum Gasteiger partial charge on any atom is -0.383 e. The van der Waals surface area contributed by atoms with E-state index < -0.39 is 0 Å². The summed E-state index contributed by atoms with van der Waals surface area (Å²) in [7, 11) is 0. The van der Waals surface area contributed by atoms with E-state index in [2.05, 4.69) is 4.98 Å². The van der Waals surface area contributed by atoms with Crippen LogP contribution in [0.15, 0.2) is 24.3 Å². The molecule has 0 unspecified atom stereocenters. The van der Waals surface area contributed by atoms with Gasteiger partial charge >= 0.3 is 0 Å². The molecule has 4 heteroatoms. The third-order valence-electron chi connectivity index (χ3n) is 3.82. The Hall–Kier alpha value is -1.61. The lowest BCUT2D eigenvalue weighted by Crippen LogP contribution is -2.09. The smallest absolute Gasteiger partial charge is 0.135 e. The maximum atomic E-state index is 6.20. The van der Waals surface area contributed by atoms with E-state index in [1.165, 1.54) is 19.3 Å². The number of fused-ring (bicyclic) bond motifs is 1. The number of nitrogens with two attached hydrogens (primary N) is 1. The van der Waals surface area contributed by atoms with Crippen LogP contribution in [0.3, 0.4) is 0 Å². The molecule has 2 N–H and O–H groups in total. The third-order valence-corrected chi connectivity index (χ3v) is 4.19.